The van der Waals surface area contributed by atoms with Crippen molar-refractivity contribution in [2.75, 3.05) is 33.4 Å². The molecular weight excluding hydrogens is 468 g/mol. The monoisotopic (exact) mass is 486 g/mol. The minimum Gasteiger partial charge on any atom is -0.379 e. The highest BCUT2D eigenvalue weighted by Gasteiger charge is 2.29. The molecule has 9 heteroatoms. The number of halogens is 2. The third-order valence-corrected chi connectivity index (χ3v) is 7.74. The summed E-state index contributed by atoms with van der Waals surface area (Å²) in [5.74, 6) is -0.286. The van der Waals surface area contributed by atoms with Crippen LogP contribution in [0.1, 0.15) is 15.9 Å². The standard InChI is InChI=1S/C19H20BrClN2O4S/c1-22(13-15-4-2-3-5-17(15)21)19(24)14-6-7-16(20)18(12-14)28(25,26)23-8-10-27-11-9-23/h2-7,12H,8-11,13H2,1H3. The lowest BCUT2D eigenvalue weighted by molar-refractivity contribution is 0.0730. The molecule has 1 saturated heterocycles. The van der Waals surface area contributed by atoms with Gasteiger partial charge in [0, 0.05) is 41.7 Å². The van der Waals surface area contributed by atoms with Crippen LogP contribution in [-0.2, 0) is 21.3 Å². The van der Waals surface area contributed by atoms with Crippen molar-refractivity contribution in [2.45, 2.75) is 11.4 Å². The van der Waals surface area contributed by atoms with E-state index in [4.69, 9.17) is 16.3 Å². The van der Waals surface area contributed by atoms with Gasteiger partial charge in [0.15, 0.2) is 0 Å². The first kappa shape index (κ1) is 21.3. The summed E-state index contributed by atoms with van der Waals surface area (Å²) in [6.45, 7) is 1.62. The molecule has 0 bridgehead atoms. The van der Waals surface area contributed by atoms with Crippen LogP contribution < -0.4 is 0 Å². The van der Waals surface area contributed by atoms with Crippen LogP contribution in [0, 0.1) is 0 Å². The van der Waals surface area contributed by atoms with Crippen molar-refractivity contribution in [3.05, 3.63) is 63.1 Å². The number of nitrogens with zero attached hydrogens (tertiary/aromatic N) is 2. The Balaban J connectivity index is 1.86. The highest BCUT2D eigenvalue weighted by atomic mass is 79.9. The molecule has 28 heavy (non-hydrogen) atoms. The molecule has 1 fully saturated rings. The summed E-state index contributed by atoms with van der Waals surface area (Å²) in [6, 6.07) is 11.9. The number of rotatable bonds is 5. The Labute approximate surface area is 178 Å². The molecule has 1 amide bonds. The van der Waals surface area contributed by atoms with E-state index in [1.54, 1.807) is 25.2 Å². The number of amides is 1. The predicted octanol–water partition coefficient (Wildman–Crippen LogP) is 3.40. The molecule has 1 heterocycles. The zero-order valence-electron chi connectivity index (χ0n) is 15.3. The number of hydrogen-bond acceptors (Lipinski definition) is 4. The number of hydrogen-bond donors (Lipinski definition) is 0. The van der Waals surface area contributed by atoms with E-state index >= 15 is 0 Å². The molecule has 2 aromatic carbocycles. The van der Waals surface area contributed by atoms with Gasteiger partial charge in [-0.2, -0.15) is 4.31 Å². The molecule has 0 saturated carbocycles. The van der Waals surface area contributed by atoms with Crippen molar-refractivity contribution in [1.82, 2.24) is 9.21 Å². The molecule has 6 nitrogen and oxygen atoms in total. The largest absolute Gasteiger partial charge is 0.379 e. The van der Waals surface area contributed by atoms with Crippen LogP contribution in [0.5, 0.6) is 0 Å². The Hall–Kier alpha value is -1.45. The van der Waals surface area contributed by atoms with E-state index in [0.29, 0.717) is 47.9 Å². The van der Waals surface area contributed by atoms with Gasteiger partial charge in [0.25, 0.3) is 5.91 Å². The second-order valence-electron chi connectivity index (χ2n) is 6.41. The fourth-order valence-electron chi connectivity index (χ4n) is 2.93. The van der Waals surface area contributed by atoms with E-state index in [0.717, 1.165) is 5.56 Å². The number of benzene rings is 2. The molecule has 150 valence electrons. The first-order valence-electron chi connectivity index (χ1n) is 8.67. The Morgan fingerprint density at radius 1 is 1.21 bits per heavy atom. The number of carbonyl (C=O) groups excluding carboxylic acids is 1. The number of sulfonamides is 1. The summed E-state index contributed by atoms with van der Waals surface area (Å²) in [7, 11) is -2.07. The molecule has 0 radical (unpaired) electrons. The van der Waals surface area contributed by atoms with E-state index in [1.807, 2.05) is 18.2 Å². The van der Waals surface area contributed by atoms with E-state index < -0.39 is 10.0 Å². The van der Waals surface area contributed by atoms with Crippen LogP contribution in [0.15, 0.2) is 51.8 Å². The van der Waals surface area contributed by atoms with Crippen LogP contribution >= 0.6 is 27.5 Å². The Bertz CT molecular complexity index is 978. The molecule has 0 aromatic heterocycles. The molecule has 2 aromatic rings. The lowest BCUT2D eigenvalue weighted by Crippen LogP contribution is -2.40. The topological polar surface area (TPSA) is 66.9 Å². The van der Waals surface area contributed by atoms with Crippen LogP contribution in [0.4, 0.5) is 0 Å². The molecule has 0 spiro atoms. The predicted molar refractivity (Wildman–Crippen MR) is 111 cm³/mol. The molecule has 3 rings (SSSR count). The number of morpholine rings is 1. The van der Waals surface area contributed by atoms with Crippen molar-refractivity contribution in [1.29, 1.82) is 0 Å². The zero-order chi connectivity index (χ0) is 20.3. The molecule has 0 atom stereocenters. The van der Waals surface area contributed by atoms with Crippen LogP contribution in [0.3, 0.4) is 0 Å². The van der Waals surface area contributed by atoms with Crippen molar-refractivity contribution >= 4 is 43.5 Å². The van der Waals surface area contributed by atoms with Crippen LogP contribution in [0.25, 0.3) is 0 Å². The molecule has 0 aliphatic carbocycles. The van der Waals surface area contributed by atoms with Gasteiger partial charge in [-0.1, -0.05) is 29.8 Å². The van der Waals surface area contributed by atoms with Crippen molar-refractivity contribution < 1.29 is 17.9 Å². The van der Waals surface area contributed by atoms with Gasteiger partial charge in [0.05, 0.1) is 18.1 Å². The fraction of sp³-hybridized carbons (Fsp3) is 0.316. The summed E-state index contributed by atoms with van der Waals surface area (Å²) in [5, 5.41) is 0.577. The fourth-order valence-corrected chi connectivity index (χ4v) is 5.49. The molecule has 0 N–H and O–H groups in total. The zero-order valence-corrected chi connectivity index (χ0v) is 18.4. The van der Waals surface area contributed by atoms with E-state index in [9.17, 15) is 13.2 Å². The van der Waals surface area contributed by atoms with Crippen LogP contribution in [-0.4, -0.2) is 56.9 Å². The maximum atomic E-state index is 13.0. The van der Waals surface area contributed by atoms with E-state index in [-0.39, 0.29) is 10.8 Å². The molecule has 1 aliphatic heterocycles. The second-order valence-corrected chi connectivity index (χ2v) is 9.58. The lowest BCUT2D eigenvalue weighted by atomic mass is 10.1. The minimum atomic E-state index is -3.73. The second kappa shape index (κ2) is 8.92. The van der Waals surface area contributed by atoms with Gasteiger partial charge >= 0.3 is 0 Å². The van der Waals surface area contributed by atoms with E-state index in [1.165, 1.54) is 15.3 Å². The third kappa shape index (κ3) is 4.58. The molecule has 1 aliphatic rings. The normalized spacial score (nSPS) is 15.4. The Kier molecular flexibility index (Phi) is 6.77. The van der Waals surface area contributed by atoms with E-state index in [2.05, 4.69) is 15.9 Å². The number of carbonyl (C=O) groups is 1. The quantitative estimate of drug-likeness (QED) is 0.648. The lowest BCUT2D eigenvalue weighted by Gasteiger charge is -2.26. The average molecular weight is 488 g/mol. The van der Waals surface area contributed by atoms with Gasteiger partial charge in [-0.05, 0) is 45.8 Å². The van der Waals surface area contributed by atoms with Gasteiger partial charge < -0.3 is 9.64 Å². The van der Waals surface area contributed by atoms with Gasteiger partial charge in [0.1, 0.15) is 0 Å². The summed E-state index contributed by atoms with van der Waals surface area (Å²) >= 11 is 9.47. The third-order valence-electron chi connectivity index (χ3n) is 4.48. The minimum absolute atomic E-state index is 0.0754. The van der Waals surface area contributed by atoms with Crippen molar-refractivity contribution in [2.24, 2.45) is 0 Å². The first-order valence-corrected chi connectivity index (χ1v) is 11.3. The number of ether oxygens (including phenoxy) is 1. The highest BCUT2D eigenvalue weighted by Crippen LogP contribution is 2.27. The Morgan fingerprint density at radius 2 is 1.89 bits per heavy atom. The molecular formula is C19H20BrClN2O4S. The first-order chi connectivity index (χ1) is 13.3. The smallest absolute Gasteiger partial charge is 0.253 e. The van der Waals surface area contributed by atoms with Gasteiger partial charge in [-0.25, -0.2) is 8.42 Å². The maximum Gasteiger partial charge on any atom is 0.253 e. The van der Waals surface area contributed by atoms with Crippen molar-refractivity contribution in [3.63, 3.8) is 0 Å². The van der Waals surface area contributed by atoms with Gasteiger partial charge in [0.2, 0.25) is 10.0 Å². The van der Waals surface area contributed by atoms with Crippen LogP contribution in [0.2, 0.25) is 5.02 Å². The SMILES string of the molecule is CN(Cc1ccccc1Cl)C(=O)c1ccc(Br)c(S(=O)(=O)N2CCOCC2)c1. The maximum absolute atomic E-state index is 13.0. The summed E-state index contributed by atoms with van der Waals surface area (Å²) < 4.78 is 33.0. The summed E-state index contributed by atoms with van der Waals surface area (Å²) in [6.07, 6.45) is 0. The summed E-state index contributed by atoms with van der Waals surface area (Å²) in [4.78, 5) is 14.5. The van der Waals surface area contributed by atoms with Crippen molar-refractivity contribution in [3.8, 4) is 0 Å². The van der Waals surface area contributed by atoms with Gasteiger partial charge in [-0.15, -0.1) is 0 Å². The molecule has 0 unspecified atom stereocenters. The average Bonchev–Trinajstić information content (AvgIpc) is 2.70. The van der Waals surface area contributed by atoms with Gasteiger partial charge in [-0.3, -0.25) is 4.79 Å². The summed E-state index contributed by atoms with van der Waals surface area (Å²) in [5.41, 5.74) is 1.11. The highest BCUT2D eigenvalue weighted by molar-refractivity contribution is 9.10. The Morgan fingerprint density at radius 3 is 2.57 bits per heavy atom.